The van der Waals surface area contributed by atoms with Crippen LogP contribution in [0.25, 0.3) is 0 Å². The molecule has 4 rings (SSSR count). The molecule has 3 N–H and O–H groups in total. The zero-order valence-electron chi connectivity index (χ0n) is 24.5. The van der Waals surface area contributed by atoms with Crippen LogP contribution in [0.5, 0.6) is 40.2 Å². The Balaban J connectivity index is 1.77. The highest BCUT2D eigenvalue weighted by atomic mass is 16.7. The number of H-pyrrole nitrogens is 1. The van der Waals surface area contributed by atoms with Gasteiger partial charge in [0.1, 0.15) is 11.3 Å². The van der Waals surface area contributed by atoms with E-state index in [0.717, 1.165) is 11.8 Å². The van der Waals surface area contributed by atoms with Crippen LogP contribution in [-0.2, 0) is 16.1 Å². The highest BCUT2D eigenvalue weighted by Gasteiger charge is 2.35. The normalized spacial score (nSPS) is 12.3. The molecule has 13 nitrogen and oxygen atoms in total. The van der Waals surface area contributed by atoms with Gasteiger partial charge in [0, 0.05) is 30.6 Å². The molecule has 1 atom stereocenters. The van der Waals surface area contributed by atoms with E-state index in [1.165, 1.54) is 27.4 Å². The summed E-state index contributed by atoms with van der Waals surface area (Å²) in [6.45, 7) is 3.95. The molecule has 1 amide bonds. The van der Waals surface area contributed by atoms with Gasteiger partial charge in [-0.15, -0.1) is 0 Å². The van der Waals surface area contributed by atoms with E-state index in [4.69, 9.17) is 33.2 Å². The first-order valence-corrected chi connectivity index (χ1v) is 13.5. The van der Waals surface area contributed by atoms with Crippen molar-refractivity contribution in [3.8, 4) is 40.2 Å². The maximum atomic E-state index is 13.5. The Kier molecular flexibility index (Phi) is 9.86. The first kappa shape index (κ1) is 30.9. The Bertz CT molecular complexity index is 1550. The lowest BCUT2D eigenvalue weighted by atomic mass is 9.86. The second kappa shape index (κ2) is 13.7. The standard InChI is InChI=1S/C30H34N2O11/c1-6-40-21-10-16(8-9-20(21)37-3)13-31-23(33)12-17(24-25(34)19(14-32-29(24)35)30(36)41-7-2)18-11-22(38-4)27-28(26(18)39-5)43-15-42-27/h8-11,14,17H,6-7,12-13,15H2,1-5H3,(H,31,33)(H2,32,34,35)/t17-/m1/s1. The predicted octanol–water partition coefficient (Wildman–Crippen LogP) is 3.25. The van der Waals surface area contributed by atoms with Gasteiger partial charge < -0.3 is 48.6 Å². The number of amides is 1. The number of benzene rings is 2. The lowest BCUT2D eigenvalue weighted by Crippen LogP contribution is -2.28. The maximum absolute atomic E-state index is 13.5. The molecular weight excluding hydrogens is 564 g/mol. The van der Waals surface area contributed by atoms with Gasteiger partial charge in [-0.2, -0.15) is 0 Å². The summed E-state index contributed by atoms with van der Waals surface area (Å²) in [5, 5.41) is 14.1. The van der Waals surface area contributed by atoms with Crippen LogP contribution in [0.3, 0.4) is 0 Å². The molecule has 3 aromatic rings. The first-order chi connectivity index (χ1) is 20.8. The molecule has 2 heterocycles. The minimum Gasteiger partial charge on any atom is -0.506 e. The van der Waals surface area contributed by atoms with E-state index in [1.807, 2.05) is 6.92 Å². The average Bonchev–Trinajstić information content (AvgIpc) is 3.49. The van der Waals surface area contributed by atoms with Gasteiger partial charge in [0.15, 0.2) is 23.0 Å². The molecule has 1 aromatic heterocycles. The fourth-order valence-electron chi connectivity index (χ4n) is 4.80. The van der Waals surface area contributed by atoms with Gasteiger partial charge in [0.2, 0.25) is 24.2 Å². The van der Waals surface area contributed by atoms with Gasteiger partial charge in [0.05, 0.1) is 40.1 Å². The zero-order valence-corrected chi connectivity index (χ0v) is 24.5. The van der Waals surface area contributed by atoms with Gasteiger partial charge in [0.25, 0.3) is 5.56 Å². The Labute approximate surface area is 247 Å². The largest absolute Gasteiger partial charge is 0.506 e. The van der Waals surface area contributed by atoms with Crippen molar-refractivity contribution in [2.75, 3.05) is 41.3 Å². The quantitative estimate of drug-likeness (QED) is 0.248. The molecule has 1 aliphatic heterocycles. The van der Waals surface area contributed by atoms with Gasteiger partial charge >= 0.3 is 5.97 Å². The van der Waals surface area contributed by atoms with E-state index in [1.54, 1.807) is 25.1 Å². The van der Waals surface area contributed by atoms with E-state index in [0.29, 0.717) is 18.1 Å². The van der Waals surface area contributed by atoms with Crippen LogP contribution >= 0.6 is 0 Å². The maximum Gasteiger partial charge on any atom is 0.343 e. The van der Waals surface area contributed by atoms with Crippen molar-refractivity contribution in [3.63, 3.8) is 0 Å². The minimum atomic E-state index is -1.13. The number of ether oxygens (including phenoxy) is 7. The average molecular weight is 599 g/mol. The summed E-state index contributed by atoms with van der Waals surface area (Å²) < 4.78 is 38.3. The van der Waals surface area contributed by atoms with Crippen molar-refractivity contribution in [2.24, 2.45) is 0 Å². The molecule has 0 aliphatic carbocycles. The van der Waals surface area contributed by atoms with Gasteiger partial charge in [-0.3, -0.25) is 9.59 Å². The van der Waals surface area contributed by atoms with Crippen molar-refractivity contribution in [3.05, 3.63) is 63.1 Å². The Morgan fingerprint density at radius 1 is 1.00 bits per heavy atom. The van der Waals surface area contributed by atoms with Crippen LogP contribution in [-0.4, -0.2) is 63.3 Å². The summed E-state index contributed by atoms with van der Waals surface area (Å²) in [6.07, 6.45) is 0.726. The van der Waals surface area contributed by atoms with E-state index in [-0.39, 0.29) is 66.1 Å². The number of carbonyl (C=O) groups excluding carboxylic acids is 2. The SMILES string of the molecule is CCOC(=O)c1c[nH]c(=O)c([C@H](CC(=O)NCc2ccc(OC)c(OCC)c2)c2cc(OC)c3c(c2OC)OCO3)c1O. The van der Waals surface area contributed by atoms with Crippen LogP contribution in [0.15, 0.2) is 35.3 Å². The number of hydrogen-bond acceptors (Lipinski definition) is 11. The lowest BCUT2D eigenvalue weighted by Gasteiger charge is -2.23. The topological polar surface area (TPSA) is 164 Å². The molecule has 0 spiro atoms. The number of aromatic hydroxyl groups is 1. The Morgan fingerprint density at radius 2 is 1.74 bits per heavy atom. The van der Waals surface area contributed by atoms with Crippen LogP contribution in [0.1, 0.15) is 53.2 Å². The highest BCUT2D eigenvalue weighted by Crippen LogP contribution is 2.53. The van der Waals surface area contributed by atoms with Gasteiger partial charge in [-0.1, -0.05) is 6.07 Å². The molecule has 0 saturated heterocycles. The lowest BCUT2D eigenvalue weighted by molar-refractivity contribution is -0.121. The third-order valence-electron chi connectivity index (χ3n) is 6.74. The molecule has 0 saturated carbocycles. The number of carbonyl (C=O) groups is 2. The summed E-state index contributed by atoms with van der Waals surface area (Å²) in [6, 6.07) is 6.81. The van der Waals surface area contributed by atoms with Crippen LogP contribution in [0, 0.1) is 0 Å². The fourth-order valence-corrected chi connectivity index (χ4v) is 4.80. The predicted molar refractivity (Wildman–Crippen MR) is 153 cm³/mol. The molecular formula is C30H34N2O11. The zero-order chi connectivity index (χ0) is 31.1. The van der Waals surface area contributed by atoms with Crippen molar-refractivity contribution in [1.82, 2.24) is 10.3 Å². The van der Waals surface area contributed by atoms with Crippen molar-refractivity contribution < 1.29 is 47.9 Å². The number of esters is 1. The second-order valence-corrected chi connectivity index (χ2v) is 9.23. The second-order valence-electron chi connectivity index (χ2n) is 9.23. The Morgan fingerprint density at radius 3 is 2.42 bits per heavy atom. The summed E-state index contributed by atoms with van der Waals surface area (Å²) in [5.74, 6) is -1.08. The van der Waals surface area contributed by atoms with Gasteiger partial charge in [-0.25, -0.2) is 4.79 Å². The number of rotatable bonds is 13. The third-order valence-corrected chi connectivity index (χ3v) is 6.74. The molecule has 2 aromatic carbocycles. The third kappa shape index (κ3) is 6.40. The minimum absolute atomic E-state index is 0.0438. The summed E-state index contributed by atoms with van der Waals surface area (Å²) in [4.78, 5) is 41.8. The summed E-state index contributed by atoms with van der Waals surface area (Å²) in [5.41, 5.74) is -0.220. The van der Waals surface area contributed by atoms with E-state index >= 15 is 0 Å². The number of fused-ring (bicyclic) bond motifs is 1. The summed E-state index contributed by atoms with van der Waals surface area (Å²) in [7, 11) is 4.35. The van der Waals surface area contributed by atoms with Crippen molar-refractivity contribution in [2.45, 2.75) is 32.7 Å². The molecule has 13 heteroatoms. The molecule has 0 bridgehead atoms. The number of hydrogen-bond donors (Lipinski definition) is 3. The van der Waals surface area contributed by atoms with Crippen molar-refractivity contribution >= 4 is 11.9 Å². The smallest absolute Gasteiger partial charge is 0.343 e. The molecule has 1 aliphatic rings. The number of nitrogens with one attached hydrogen (secondary N) is 2. The van der Waals surface area contributed by atoms with Crippen LogP contribution < -0.4 is 39.3 Å². The number of pyridine rings is 1. The van der Waals surface area contributed by atoms with Crippen LogP contribution in [0.2, 0.25) is 0 Å². The van der Waals surface area contributed by atoms with E-state index < -0.39 is 29.1 Å². The highest BCUT2D eigenvalue weighted by molar-refractivity contribution is 5.92. The van der Waals surface area contributed by atoms with Gasteiger partial charge in [-0.05, 0) is 37.6 Å². The molecule has 230 valence electrons. The van der Waals surface area contributed by atoms with E-state index in [9.17, 15) is 19.5 Å². The molecule has 43 heavy (non-hydrogen) atoms. The first-order valence-electron chi connectivity index (χ1n) is 13.5. The number of aromatic amines is 1. The fraction of sp³-hybridized carbons (Fsp3) is 0.367. The molecule has 0 fully saturated rings. The van der Waals surface area contributed by atoms with Crippen LogP contribution in [0.4, 0.5) is 0 Å². The number of aromatic nitrogens is 1. The summed E-state index contributed by atoms with van der Waals surface area (Å²) >= 11 is 0. The Hall–Kier alpha value is -5.07. The monoisotopic (exact) mass is 598 g/mol. The van der Waals surface area contributed by atoms with Crippen molar-refractivity contribution in [1.29, 1.82) is 0 Å². The molecule has 0 radical (unpaired) electrons. The number of methoxy groups -OCH3 is 3. The van der Waals surface area contributed by atoms with E-state index in [2.05, 4.69) is 10.3 Å². The molecule has 0 unspecified atom stereocenters.